The predicted molar refractivity (Wildman–Crippen MR) is 75.6 cm³/mol. The Morgan fingerprint density at radius 3 is 2.24 bits per heavy atom. The van der Waals surface area contributed by atoms with E-state index in [1.54, 1.807) is 30.3 Å². The summed E-state index contributed by atoms with van der Waals surface area (Å²) in [6.07, 6.45) is 0.0854. The Kier molecular flexibility index (Phi) is 5.90. The molecule has 0 spiro atoms. The fourth-order valence-corrected chi connectivity index (χ4v) is 1.81. The molecule has 1 rings (SSSR count). The number of methoxy groups -OCH3 is 2. The second-order valence-corrected chi connectivity index (χ2v) is 4.72. The average Bonchev–Trinajstić information content (AvgIpc) is 2.52. The standard InChI is InChI=1S/C15H19NO5/c1-15(14(19)21-3,10-9-12(17)20-2)16-13(18)11-7-5-4-6-8-11/h4-8H,9-10H2,1-3H3,(H,16,18)/t15-/m1/s1. The van der Waals surface area contributed by atoms with Crippen LogP contribution in [0.5, 0.6) is 0 Å². The number of ether oxygens (including phenoxy) is 2. The van der Waals surface area contributed by atoms with Gasteiger partial charge in [0.2, 0.25) is 0 Å². The number of hydrogen-bond donors (Lipinski definition) is 1. The van der Waals surface area contributed by atoms with Gasteiger partial charge in [-0.1, -0.05) is 18.2 Å². The van der Waals surface area contributed by atoms with Crippen molar-refractivity contribution in [1.29, 1.82) is 0 Å². The van der Waals surface area contributed by atoms with Crippen LogP contribution in [-0.2, 0) is 19.1 Å². The number of benzene rings is 1. The number of rotatable bonds is 6. The highest BCUT2D eigenvalue weighted by molar-refractivity contribution is 5.98. The molecule has 0 aliphatic heterocycles. The molecule has 0 saturated carbocycles. The molecule has 0 saturated heterocycles. The van der Waals surface area contributed by atoms with Crippen molar-refractivity contribution in [2.75, 3.05) is 14.2 Å². The van der Waals surface area contributed by atoms with Crippen LogP contribution in [0, 0.1) is 0 Å². The first-order valence-electron chi connectivity index (χ1n) is 6.45. The molecule has 1 N–H and O–H groups in total. The summed E-state index contributed by atoms with van der Waals surface area (Å²) < 4.78 is 9.26. The van der Waals surface area contributed by atoms with E-state index in [9.17, 15) is 14.4 Å². The van der Waals surface area contributed by atoms with Gasteiger partial charge in [0.25, 0.3) is 5.91 Å². The van der Waals surface area contributed by atoms with Gasteiger partial charge in [-0.2, -0.15) is 0 Å². The van der Waals surface area contributed by atoms with Crippen molar-refractivity contribution in [3.63, 3.8) is 0 Å². The SMILES string of the molecule is COC(=O)CC[C@@](C)(NC(=O)c1ccccc1)C(=O)OC. The molecule has 0 aliphatic carbocycles. The van der Waals surface area contributed by atoms with Gasteiger partial charge in [0, 0.05) is 12.0 Å². The van der Waals surface area contributed by atoms with Gasteiger partial charge < -0.3 is 14.8 Å². The van der Waals surface area contributed by atoms with E-state index < -0.39 is 23.4 Å². The molecule has 0 unspecified atom stereocenters. The van der Waals surface area contributed by atoms with Crippen molar-refractivity contribution in [2.45, 2.75) is 25.3 Å². The molecule has 0 radical (unpaired) electrons. The zero-order valence-electron chi connectivity index (χ0n) is 12.3. The molecule has 0 aliphatic rings. The molecule has 0 heterocycles. The molecule has 1 aromatic rings. The summed E-state index contributed by atoms with van der Waals surface area (Å²) in [6, 6.07) is 8.49. The lowest BCUT2D eigenvalue weighted by atomic mass is 9.95. The molecular formula is C15H19NO5. The normalized spacial score (nSPS) is 12.9. The Morgan fingerprint density at radius 2 is 1.71 bits per heavy atom. The van der Waals surface area contributed by atoms with E-state index in [1.165, 1.54) is 21.1 Å². The van der Waals surface area contributed by atoms with Crippen molar-refractivity contribution in [1.82, 2.24) is 5.32 Å². The Morgan fingerprint density at radius 1 is 1.10 bits per heavy atom. The first-order valence-corrected chi connectivity index (χ1v) is 6.45. The average molecular weight is 293 g/mol. The molecule has 0 aromatic heterocycles. The third-order valence-electron chi connectivity index (χ3n) is 3.12. The van der Waals surface area contributed by atoms with Crippen molar-refractivity contribution in [3.8, 4) is 0 Å². The van der Waals surface area contributed by atoms with Crippen LogP contribution in [-0.4, -0.2) is 37.6 Å². The first kappa shape index (κ1) is 16.7. The Labute approximate surface area is 123 Å². The van der Waals surface area contributed by atoms with E-state index in [1.807, 2.05) is 0 Å². The summed E-state index contributed by atoms with van der Waals surface area (Å²) in [7, 11) is 2.49. The van der Waals surface area contributed by atoms with Gasteiger partial charge in [0.15, 0.2) is 0 Å². The minimum Gasteiger partial charge on any atom is -0.469 e. The molecule has 21 heavy (non-hydrogen) atoms. The summed E-state index contributed by atoms with van der Waals surface area (Å²) in [5.41, 5.74) is -0.874. The number of carbonyl (C=O) groups excluding carboxylic acids is 3. The zero-order chi connectivity index (χ0) is 15.9. The van der Waals surface area contributed by atoms with Crippen molar-refractivity contribution < 1.29 is 23.9 Å². The molecular weight excluding hydrogens is 274 g/mol. The maximum atomic E-state index is 12.2. The van der Waals surface area contributed by atoms with Crippen molar-refractivity contribution in [2.24, 2.45) is 0 Å². The summed E-state index contributed by atoms with van der Waals surface area (Å²) >= 11 is 0. The van der Waals surface area contributed by atoms with Gasteiger partial charge in [-0.05, 0) is 25.5 Å². The van der Waals surface area contributed by atoms with Crippen LogP contribution in [0.25, 0.3) is 0 Å². The summed E-state index contributed by atoms with van der Waals surface area (Å²) in [4.78, 5) is 35.3. The number of amides is 1. The van der Waals surface area contributed by atoms with Crippen molar-refractivity contribution in [3.05, 3.63) is 35.9 Å². The quantitative estimate of drug-likeness (QED) is 0.799. The molecule has 6 nitrogen and oxygen atoms in total. The number of carbonyl (C=O) groups is 3. The Balaban J connectivity index is 2.85. The van der Waals surface area contributed by atoms with Crippen LogP contribution < -0.4 is 5.32 Å². The molecule has 0 bridgehead atoms. The zero-order valence-corrected chi connectivity index (χ0v) is 12.3. The van der Waals surface area contributed by atoms with Crippen LogP contribution in [0.2, 0.25) is 0 Å². The molecule has 1 atom stereocenters. The second-order valence-electron chi connectivity index (χ2n) is 4.72. The highest BCUT2D eigenvalue weighted by Gasteiger charge is 2.36. The van der Waals surface area contributed by atoms with Gasteiger partial charge in [0.1, 0.15) is 5.54 Å². The van der Waals surface area contributed by atoms with Gasteiger partial charge >= 0.3 is 11.9 Å². The predicted octanol–water partition coefficient (Wildman–Crippen LogP) is 1.30. The van der Waals surface area contributed by atoms with Crippen LogP contribution >= 0.6 is 0 Å². The fourth-order valence-electron chi connectivity index (χ4n) is 1.81. The summed E-state index contributed by atoms with van der Waals surface area (Å²) in [5, 5.41) is 2.62. The molecule has 6 heteroatoms. The van der Waals surface area contributed by atoms with E-state index in [4.69, 9.17) is 4.74 Å². The van der Waals surface area contributed by atoms with Gasteiger partial charge in [0.05, 0.1) is 14.2 Å². The Hall–Kier alpha value is -2.37. The van der Waals surface area contributed by atoms with Crippen LogP contribution in [0.15, 0.2) is 30.3 Å². The maximum Gasteiger partial charge on any atom is 0.331 e. The minimum absolute atomic E-state index is 0.00281. The molecule has 1 aromatic carbocycles. The lowest BCUT2D eigenvalue weighted by molar-refractivity contribution is -0.148. The smallest absolute Gasteiger partial charge is 0.331 e. The van der Waals surface area contributed by atoms with E-state index in [0.717, 1.165) is 0 Å². The van der Waals surface area contributed by atoms with Gasteiger partial charge in [-0.3, -0.25) is 9.59 Å². The number of nitrogens with one attached hydrogen (secondary N) is 1. The summed E-state index contributed by atoms with van der Waals surface area (Å²) in [6.45, 7) is 1.52. The van der Waals surface area contributed by atoms with Crippen molar-refractivity contribution >= 4 is 17.8 Å². The number of hydrogen-bond acceptors (Lipinski definition) is 5. The van der Waals surface area contributed by atoms with Gasteiger partial charge in [-0.15, -0.1) is 0 Å². The van der Waals surface area contributed by atoms with Crippen LogP contribution in [0.1, 0.15) is 30.1 Å². The minimum atomic E-state index is -1.30. The molecule has 0 fully saturated rings. The Bertz CT molecular complexity index is 514. The second kappa shape index (κ2) is 7.42. The first-order chi connectivity index (χ1) is 9.92. The largest absolute Gasteiger partial charge is 0.469 e. The van der Waals surface area contributed by atoms with Gasteiger partial charge in [-0.25, -0.2) is 4.79 Å². The highest BCUT2D eigenvalue weighted by Crippen LogP contribution is 2.16. The third-order valence-corrected chi connectivity index (χ3v) is 3.12. The molecule has 114 valence electrons. The summed E-state index contributed by atoms with van der Waals surface area (Å²) in [5.74, 6) is -1.48. The maximum absolute atomic E-state index is 12.2. The van der Waals surface area contributed by atoms with Crippen LogP contribution in [0.3, 0.4) is 0 Å². The van der Waals surface area contributed by atoms with E-state index in [2.05, 4.69) is 10.1 Å². The fraction of sp³-hybridized carbons (Fsp3) is 0.400. The van der Waals surface area contributed by atoms with Crippen LogP contribution in [0.4, 0.5) is 0 Å². The highest BCUT2D eigenvalue weighted by atomic mass is 16.5. The van der Waals surface area contributed by atoms with E-state index >= 15 is 0 Å². The van der Waals surface area contributed by atoms with E-state index in [0.29, 0.717) is 5.56 Å². The third kappa shape index (κ3) is 4.59. The lowest BCUT2D eigenvalue weighted by Gasteiger charge is -2.27. The monoisotopic (exact) mass is 293 g/mol. The number of esters is 2. The molecule has 1 amide bonds. The lowest BCUT2D eigenvalue weighted by Crippen LogP contribution is -2.53. The topological polar surface area (TPSA) is 81.7 Å². The van der Waals surface area contributed by atoms with E-state index in [-0.39, 0.29) is 12.8 Å².